The van der Waals surface area contributed by atoms with Gasteiger partial charge in [0.15, 0.2) is 0 Å². The Morgan fingerprint density at radius 3 is 2.39 bits per heavy atom. The summed E-state index contributed by atoms with van der Waals surface area (Å²) >= 11 is 5.99. The molecule has 1 heterocycles. The fourth-order valence-electron chi connectivity index (χ4n) is 4.59. The number of hydrogen-bond donors (Lipinski definition) is 0. The number of piperidine rings is 1. The zero-order chi connectivity index (χ0) is 23.1. The van der Waals surface area contributed by atoms with Crippen LogP contribution in [-0.4, -0.2) is 50.4 Å². The highest BCUT2D eigenvalue weighted by atomic mass is 35.5. The predicted octanol–water partition coefficient (Wildman–Crippen LogP) is 5.59. The quantitative estimate of drug-likeness (QED) is 0.385. The molecule has 2 aromatic carbocycles. The van der Waals surface area contributed by atoms with E-state index in [0.717, 1.165) is 37.1 Å². The van der Waals surface area contributed by atoms with Crippen molar-refractivity contribution in [2.45, 2.75) is 56.4 Å². The van der Waals surface area contributed by atoms with Crippen LogP contribution in [0, 0.1) is 5.92 Å². The minimum absolute atomic E-state index is 0.283. The third-order valence-corrected chi connectivity index (χ3v) is 8.86. The lowest BCUT2D eigenvalue weighted by molar-refractivity contribution is 0.203. The van der Waals surface area contributed by atoms with Gasteiger partial charge in [-0.2, -0.15) is 4.31 Å². The lowest BCUT2D eigenvalue weighted by Gasteiger charge is -2.32. The zero-order valence-electron chi connectivity index (χ0n) is 19.3. The molecule has 180 valence electrons. The number of rotatable bonds is 11. The lowest BCUT2D eigenvalue weighted by atomic mass is 9.85. The summed E-state index contributed by atoms with van der Waals surface area (Å²) in [5.74, 6) is 1.20. The minimum atomic E-state index is -3.63. The molecule has 0 amide bonds. The molecule has 1 aliphatic carbocycles. The van der Waals surface area contributed by atoms with Gasteiger partial charge in [-0.15, -0.1) is 0 Å². The molecule has 2 fully saturated rings. The van der Waals surface area contributed by atoms with Gasteiger partial charge in [-0.05, 0) is 81.4 Å². The Bertz CT molecular complexity index is 987. The zero-order valence-corrected chi connectivity index (χ0v) is 20.9. The molecule has 2 aliphatic rings. The first-order valence-electron chi connectivity index (χ1n) is 12.2. The maximum Gasteiger partial charge on any atom is 0.243 e. The van der Waals surface area contributed by atoms with Gasteiger partial charge < -0.3 is 9.64 Å². The summed E-state index contributed by atoms with van der Waals surface area (Å²) in [5, 5.41) is 0.530. The second kappa shape index (κ2) is 11.7. The maximum absolute atomic E-state index is 13.5. The first kappa shape index (κ1) is 24.5. The minimum Gasteiger partial charge on any atom is -0.493 e. The monoisotopic (exact) mass is 490 g/mol. The molecule has 0 aromatic heterocycles. The van der Waals surface area contributed by atoms with Gasteiger partial charge in [-0.1, -0.05) is 42.6 Å². The number of nitrogens with zero attached hydrogens (tertiary/aromatic N) is 2. The number of para-hydroxylation sites is 1. The molecule has 1 saturated heterocycles. The molecule has 33 heavy (non-hydrogen) atoms. The Labute approximate surface area is 203 Å². The van der Waals surface area contributed by atoms with Crippen LogP contribution in [0.2, 0.25) is 5.02 Å². The number of likely N-dealkylation sites (tertiary alicyclic amines) is 1. The molecule has 0 spiro atoms. The van der Waals surface area contributed by atoms with Crippen molar-refractivity contribution in [2.75, 3.05) is 32.8 Å². The van der Waals surface area contributed by atoms with Crippen LogP contribution in [0.15, 0.2) is 53.4 Å². The lowest BCUT2D eigenvalue weighted by Crippen LogP contribution is -2.37. The molecule has 1 aliphatic heterocycles. The van der Waals surface area contributed by atoms with Gasteiger partial charge in [-0.3, -0.25) is 0 Å². The van der Waals surface area contributed by atoms with E-state index in [1.165, 1.54) is 38.8 Å². The molecular weight excluding hydrogens is 456 g/mol. The van der Waals surface area contributed by atoms with Crippen molar-refractivity contribution in [3.8, 4) is 5.75 Å². The Kier molecular flexibility index (Phi) is 8.69. The summed E-state index contributed by atoms with van der Waals surface area (Å²) in [4.78, 5) is 2.80. The van der Waals surface area contributed by atoms with Gasteiger partial charge in [0.1, 0.15) is 5.75 Å². The highest BCUT2D eigenvalue weighted by Crippen LogP contribution is 2.31. The number of sulfonamides is 1. The topological polar surface area (TPSA) is 49.9 Å². The van der Waals surface area contributed by atoms with Crippen molar-refractivity contribution < 1.29 is 13.2 Å². The summed E-state index contributed by atoms with van der Waals surface area (Å²) < 4.78 is 34.8. The fourth-order valence-corrected chi connectivity index (χ4v) is 6.21. The molecule has 2 aromatic rings. The molecule has 0 radical (unpaired) electrons. The Morgan fingerprint density at radius 2 is 1.70 bits per heavy atom. The van der Waals surface area contributed by atoms with Gasteiger partial charge in [-0.25, -0.2) is 8.42 Å². The average molecular weight is 491 g/mol. The highest BCUT2D eigenvalue weighted by Gasteiger charge is 2.30. The van der Waals surface area contributed by atoms with Crippen LogP contribution < -0.4 is 4.74 Å². The van der Waals surface area contributed by atoms with E-state index in [4.69, 9.17) is 16.3 Å². The first-order valence-corrected chi connectivity index (χ1v) is 14.0. The van der Waals surface area contributed by atoms with E-state index in [1.807, 2.05) is 24.3 Å². The predicted molar refractivity (Wildman–Crippen MR) is 133 cm³/mol. The molecule has 7 heteroatoms. The number of hydrogen-bond acceptors (Lipinski definition) is 4. The fraction of sp³-hybridized carbons (Fsp3) is 0.538. The molecule has 0 unspecified atom stereocenters. The van der Waals surface area contributed by atoms with Crippen LogP contribution in [0.25, 0.3) is 0 Å². The molecular formula is C26H35ClN2O3S. The van der Waals surface area contributed by atoms with E-state index in [1.54, 1.807) is 28.6 Å². The summed E-state index contributed by atoms with van der Waals surface area (Å²) in [7, 11) is -3.63. The Balaban J connectivity index is 1.44. The van der Waals surface area contributed by atoms with Crippen molar-refractivity contribution in [2.24, 2.45) is 5.92 Å². The maximum atomic E-state index is 13.5. The molecule has 1 saturated carbocycles. The summed E-state index contributed by atoms with van der Waals surface area (Å²) in [6.07, 6.45) is 8.25. The van der Waals surface area contributed by atoms with Crippen LogP contribution in [-0.2, 0) is 16.6 Å². The van der Waals surface area contributed by atoms with Crippen LogP contribution in [0.5, 0.6) is 5.75 Å². The van der Waals surface area contributed by atoms with E-state index < -0.39 is 10.0 Å². The molecule has 0 N–H and O–H groups in total. The van der Waals surface area contributed by atoms with Crippen molar-refractivity contribution in [3.05, 3.63) is 59.1 Å². The van der Waals surface area contributed by atoms with Crippen molar-refractivity contribution in [1.29, 1.82) is 0 Å². The molecule has 0 atom stereocenters. The number of benzene rings is 2. The molecule has 0 bridgehead atoms. The smallest absolute Gasteiger partial charge is 0.243 e. The summed E-state index contributed by atoms with van der Waals surface area (Å²) in [5.41, 5.74) is 0.910. The molecule has 5 nitrogen and oxygen atoms in total. The standard InChI is InChI=1S/C26H35ClN2O3S/c27-24-12-14-25(15-13-24)33(30,31)29(20-22-8-6-9-22)21-23-10-2-3-11-26(23)32-19-7-18-28-16-4-1-5-17-28/h2-3,10-15,22H,1,4-9,16-21H2. The van der Waals surface area contributed by atoms with E-state index in [-0.39, 0.29) is 4.90 Å². The first-order chi connectivity index (χ1) is 16.0. The summed E-state index contributed by atoms with van der Waals surface area (Å²) in [6.45, 7) is 4.92. The Hall–Kier alpha value is -1.60. The van der Waals surface area contributed by atoms with Crippen molar-refractivity contribution >= 4 is 21.6 Å². The van der Waals surface area contributed by atoms with Crippen LogP contribution in [0.3, 0.4) is 0 Å². The van der Waals surface area contributed by atoms with Gasteiger partial charge >= 0.3 is 0 Å². The van der Waals surface area contributed by atoms with Gasteiger partial charge in [0.05, 0.1) is 11.5 Å². The molecule has 4 rings (SSSR count). The van der Waals surface area contributed by atoms with E-state index in [9.17, 15) is 8.42 Å². The van der Waals surface area contributed by atoms with Gasteiger partial charge in [0.2, 0.25) is 10.0 Å². The van der Waals surface area contributed by atoms with Gasteiger partial charge in [0.25, 0.3) is 0 Å². The van der Waals surface area contributed by atoms with E-state index in [0.29, 0.717) is 30.6 Å². The number of halogens is 1. The van der Waals surface area contributed by atoms with Crippen LogP contribution >= 0.6 is 11.6 Å². The van der Waals surface area contributed by atoms with Gasteiger partial charge in [0, 0.05) is 30.2 Å². The third-order valence-electron chi connectivity index (χ3n) is 6.78. The average Bonchev–Trinajstić information content (AvgIpc) is 2.80. The van der Waals surface area contributed by atoms with Crippen LogP contribution in [0.1, 0.15) is 50.5 Å². The van der Waals surface area contributed by atoms with E-state index >= 15 is 0 Å². The summed E-state index contributed by atoms with van der Waals surface area (Å²) in [6, 6.07) is 14.3. The number of ether oxygens (including phenoxy) is 1. The highest BCUT2D eigenvalue weighted by molar-refractivity contribution is 7.89. The normalized spacial score (nSPS) is 17.8. The second-order valence-corrected chi connectivity index (χ2v) is 11.6. The largest absolute Gasteiger partial charge is 0.493 e. The van der Waals surface area contributed by atoms with Crippen LogP contribution in [0.4, 0.5) is 0 Å². The second-order valence-electron chi connectivity index (χ2n) is 9.26. The van der Waals surface area contributed by atoms with Crippen molar-refractivity contribution in [3.63, 3.8) is 0 Å². The van der Waals surface area contributed by atoms with Crippen molar-refractivity contribution in [1.82, 2.24) is 9.21 Å². The SMILES string of the molecule is O=S(=O)(c1ccc(Cl)cc1)N(Cc1ccccc1OCCCN1CCCCC1)CC1CCC1. The van der Waals surface area contributed by atoms with E-state index in [2.05, 4.69) is 4.90 Å². The third kappa shape index (κ3) is 6.72. The Morgan fingerprint density at radius 1 is 0.970 bits per heavy atom.